The van der Waals surface area contributed by atoms with Gasteiger partial charge >= 0.3 is 0 Å². The number of carbonyl (C=O) groups excluding carboxylic acids is 1. The number of rotatable bonds is 5. The van der Waals surface area contributed by atoms with E-state index in [1.54, 1.807) is 24.0 Å². The first-order valence-corrected chi connectivity index (χ1v) is 4.47. The van der Waals surface area contributed by atoms with E-state index in [0.29, 0.717) is 18.7 Å². The van der Waals surface area contributed by atoms with E-state index >= 15 is 0 Å². The third-order valence-electron chi connectivity index (χ3n) is 1.96. The summed E-state index contributed by atoms with van der Waals surface area (Å²) in [4.78, 5) is 11.5. The molecule has 0 atom stereocenters. The highest BCUT2D eigenvalue weighted by atomic mass is 16.1. The molecule has 4 heteroatoms. The average Bonchev–Trinajstić information content (AvgIpc) is 2.52. The third-order valence-corrected chi connectivity index (χ3v) is 1.96. The van der Waals surface area contributed by atoms with E-state index in [4.69, 9.17) is 5.73 Å². The van der Waals surface area contributed by atoms with Gasteiger partial charge in [0.2, 0.25) is 0 Å². The van der Waals surface area contributed by atoms with Gasteiger partial charge in [-0.1, -0.05) is 0 Å². The molecule has 0 radical (unpaired) electrons. The Bertz CT molecular complexity index is 280. The molecule has 0 amide bonds. The van der Waals surface area contributed by atoms with Crippen LogP contribution in [0, 0.1) is 0 Å². The van der Waals surface area contributed by atoms with Crippen molar-refractivity contribution in [1.29, 1.82) is 0 Å². The first-order chi connectivity index (χ1) is 6.25. The summed E-state index contributed by atoms with van der Waals surface area (Å²) in [6, 6.07) is 1.74. The minimum atomic E-state index is 0.147. The molecule has 13 heavy (non-hydrogen) atoms. The molecule has 0 aliphatic carbocycles. The van der Waals surface area contributed by atoms with E-state index in [1.807, 2.05) is 0 Å². The van der Waals surface area contributed by atoms with Gasteiger partial charge in [0, 0.05) is 19.7 Å². The van der Waals surface area contributed by atoms with E-state index in [0.717, 1.165) is 12.8 Å². The van der Waals surface area contributed by atoms with Crippen LogP contribution in [0.5, 0.6) is 0 Å². The fourth-order valence-electron chi connectivity index (χ4n) is 1.21. The molecule has 1 aromatic heterocycles. The first kappa shape index (κ1) is 9.92. The maximum atomic E-state index is 11.5. The van der Waals surface area contributed by atoms with Gasteiger partial charge < -0.3 is 5.73 Å². The highest BCUT2D eigenvalue weighted by Crippen LogP contribution is 2.04. The minimum absolute atomic E-state index is 0.147. The van der Waals surface area contributed by atoms with Gasteiger partial charge in [-0.25, -0.2) is 0 Å². The summed E-state index contributed by atoms with van der Waals surface area (Å²) in [6.07, 6.45) is 3.97. The third kappa shape index (κ3) is 2.66. The van der Waals surface area contributed by atoms with Crippen molar-refractivity contribution in [3.63, 3.8) is 0 Å². The number of carbonyl (C=O) groups is 1. The minimum Gasteiger partial charge on any atom is -0.330 e. The number of ketones is 1. The molecule has 1 rings (SSSR count). The molecule has 1 heterocycles. The summed E-state index contributed by atoms with van der Waals surface area (Å²) in [5, 5.41) is 3.94. The number of hydrogen-bond donors (Lipinski definition) is 1. The summed E-state index contributed by atoms with van der Waals surface area (Å²) in [6.45, 7) is 0.651. The predicted octanol–water partition coefficient (Wildman–Crippen LogP) is 0.732. The Labute approximate surface area is 77.7 Å². The number of nitrogens with zero attached hydrogens (tertiary/aromatic N) is 2. The summed E-state index contributed by atoms with van der Waals surface area (Å²) >= 11 is 0. The Morgan fingerprint density at radius 2 is 2.38 bits per heavy atom. The second-order valence-corrected chi connectivity index (χ2v) is 3.01. The molecule has 4 nitrogen and oxygen atoms in total. The van der Waals surface area contributed by atoms with Gasteiger partial charge in [0.05, 0.1) is 0 Å². The molecule has 0 bridgehead atoms. The Kier molecular flexibility index (Phi) is 3.64. The molecular formula is C9H15N3O. The van der Waals surface area contributed by atoms with E-state index in [2.05, 4.69) is 5.10 Å². The van der Waals surface area contributed by atoms with Crippen LogP contribution in [0.25, 0.3) is 0 Å². The van der Waals surface area contributed by atoms with Gasteiger partial charge in [-0.05, 0) is 25.5 Å². The topological polar surface area (TPSA) is 60.9 Å². The van der Waals surface area contributed by atoms with Gasteiger partial charge in [-0.15, -0.1) is 0 Å². The van der Waals surface area contributed by atoms with Crippen molar-refractivity contribution in [2.75, 3.05) is 6.54 Å². The molecule has 0 saturated carbocycles. The molecule has 0 fully saturated rings. The number of Topliss-reactive ketones (excluding diaryl/α,β-unsaturated/α-hetero) is 1. The molecule has 0 aromatic carbocycles. The molecule has 0 unspecified atom stereocenters. The molecule has 1 aromatic rings. The van der Waals surface area contributed by atoms with E-state index < -0.39 is 0 Å². The molecule has 0 spiro atoms. The van der Waals surface area contributed by atoms with Crippen LogP contribution >= 0.6 is 0 Å². The molecule has 0 aliphatic rings. The zero-order valence-corrected chi connectivity index (χ0v) is 7.86. The van der Waals surface area contributed by atoms with E-state index in [1.165, 1.54) is 0 Å². The molecule has 0 aliphatic heterocycles. The number of aromatic nitrogens is 2. The van der Waals surface area contributed by atoms with Crippen LogP contribution in [0.2, 0.25) is 0 Å². The van der Waals surface area contributed by atoms with Crippen molar-refractivity contribution >= 4 is 5.78 Å². The summed E-state index contributed by atoms with van der Waals surface area (Å²) < 4.78 is 1.60. The smallest absolute Gasteiger partial charge is 0.180 e. The maximum absolute atomic E-state index is 11.5. The molecule has 2 N–H and O–H groups in total. The Hall–Kier alpha value is -1.16. The lowest BCUT2D eigenvalue weighted by Crippen LogP contribution is -2.07. The second kappa shape index (κ2) is 4.77. The number of unbranched alkanes of at least 4 members (excludes halogenated alkanes) is 1. The van der Waals surface area contributed by atoms with Gasteiger partial charge in [-0.3, -0.25) is 9.48 Å². The van der Waals surface area contributed by atoms with Crippen LogP contribution in [-0.2, 0) is 7.05 Å². The Morgan fingerprint density at radius 1 is 1.62 bits per heavy atom. The lowest BCUT2D eigenvalue weighted by molar-refractivity contribution is 0.0970. The highest BCUT2D eigenvalue weighted by Gasteiger charge is 2.08. The number of aryl methyl sites for hydroxylation is 1. The summed E-state index contributed by atoms with van der Waals surface area (Å²) in [5.41, 5.74) is 6.01. The van der Waals surface area contributed by atoms with Crippen molar-refractivity contribution in [3.05, 3.63) is 18.0 Å². The van der Waals surface area contributed by atoms with Crippen LogP contribution < -0.4 is 5.73 Å². The lowest BCUT2D eigenvalue weighted by Gasteiger charge is -2.00. The maximum Gasteiger partial charge on any atom is 0.180 e. The zero-order valence-electron chi connectivity index (χ0n) is 7.86. The SMILES string of the molecule is Cn1nccc1C(=O)CCCCN. The van der Waals surface area contributed by atoms with Crippen LogP contribution in [-0.4, -0.2) is 22.1 Å². The number of hydrogen-bond acceptors (Lipinski definition) is 3. The molecule has 72 valence electrons. The zero-order chi connectivity index (χ0) is 9.68. The largest absolute Gasteiger partial charge is 0.330 e. The first-order valence-electron chi connectivity index (χ1n) is 4.47. The predicted molar refractivity (Wildman–Crippen MR) is 50.4 cm³/mol. The van der Waals surface area contributed by atoms with Crippen molar-refractivity contribution in [3.8, 4) is 0 Å². The number of nitrogens with two attached hydrogens (primary N) is 1. The quantitative estimate of drug-likeness (QED) is 0.538. The summed E-state index contributed by atoms with van der Waals surface area (Å²) in [7, 11) is 1.77. The Morgan fingerprint density at radius 3 is 2.92 bits per heavy atom. The van der Waals surface area contributed by atoms with Gasteiger partial charge in [0.15, 0.2) is 5.78 Å². The molecule has 0 saturated heterocycles. The van der Waals surface area contributed by atoms with Crippen molar-refractivity contribution < 1.29 is 4.79 Å². The van der Waals surface area contributed by atoms with Crippen LogP contribution in [0.1, 0.15) is 29.8 Å². The van der Waals surface area contributed by atoms with E-state index in [-0.39, 0.29) is 5.78 Å². The van der Waals surface area contributed by atoms with Crippen molar-refractivity contribution in [2.45, 2.75) is 19.3 Å². The summed E-state index contributed by atoms with van der Waals surface area (Å²) in [5.74, 6) is 0.147. The Balaban J connectivity index is 2.45. The van der Waals surface area contributed by atoms with Crippen LogP contribution in [0.4, 0.5) is 0 Å². The second-order valence-electron chi connectivity index (χ2n) is 3.01. The lowest BCUT2D eigenvalue weighted by atomic mass is 10.1. The normalized spacial score (nSPS) is 10.3. The highest BCUT2D eigenvalue weighted by molar-refractivity contribution is 5.94. The van der Waals surface area contributed by atoms with E-state index in [9.17, 15) is 4.79 Å². The fourth-order valence-corrected chi connectivity index (χ4v) is 1.21. The fraction of sp³-hybridized carbons (Fsp3) is 0.556. The van der Waals surface area contributed by atoms with Gasteiger partial charge in [-0.2, -0.15) is 5.10 Å². The van der Waals surface area contributed by atoms with Crippen LogP contribution in [0.3, 0.4) is 0 Å². The van der Waals surface area contributed by atoms with Crippen LogP contribution in [0.15, 0.2) is 12.3 Å². The van der Waals surface area contributed by atoms with Gasteiger partial charge in [0.1, 0.15) is 5.69 Å². The molecular weight excluding hydrogens is 166 g/mol. The van der Waals surface area contributed by atoms with Crippen molar-refractivity contribution in [2.24, 2.45) is 12.8 Å². The standard InChI is InChI=1S/C9H15N3O/c1-12-8(5-7-11-12)9(13)4-2-3-6-10/h5,7H,2-4,6,10H2,1H3. The van der Waals surface area contributed by atoms with Crippen molar-refractivity contribution in [1.82, 2.24) is 9.78 Å². The van der Waals surface area contributed by atoms with Gasteiger partial charge in [0.25, 0.3) is 0 Å². The average molecular weight is 181 g/mol. The monoisotopic (exact) mass is 181 g/mol.